The molecule has 3 rings (SSSR count). The monoisotopic (exact) mass is 588 g/mol. The van der Waals surface area contributed by atoms with Crippen molar-refractivity contribution in [1.82, 2.24) is 9.47 Å². The number of rotatable bonds is 12. The summed E-state index contributed by atoms with van der Waals surface area (Å²) in [4.78, 5) is 53.8. The van der Waals surface area contributed by atoms with E-state index in [1.54, 1.807) is 24.5 Å². The summed E-state index contributed by atoms with van der Waals surface area (Å²) in [7, 11) is 0. The topological polar surface area (TPSA) is 133 Å². The van der Waals surface area contributed by atoms with E-state index in [0.29, 0.717) is 97.5 Å². The Morgan fingerprint density at radius 2 is 1.88 bits per heavy atom. The Morgan fingerprint density at radius 1 is 1.18 bits per heavy atom. The molecule has 1 N–H and O–H groups in total. The zero-order valence-electron chi connectivity index (χ0n) is 23.2. The van der Waals surface area contributed by atoms with E-state index in [1.165, 1.54) is 16.7 Å². The average Bonchev–Trinajstić information content (AvgIpc) is 3.19. The Kier molecular flexibility index (Phi) is 11.3. The molecule has 2 aliphatic rings. The van der Waals surface area contributed by atoms with Crippen molar-refractivity contribution in [3.8, 4) is 6.07 Å². The average molecular weight is 589 g/mol. The Morgan fingerprint density at radius 3 is 2.48 bits per heavy atom. The first-order chi connectivity index (χ1) is 19.1. The number of hydrogen-bond donors (Lipinski definition) is 1. The Labute approximate surface area is 244 Å². The van der Waals surface area contributed by atoms with Crippen molar-refractivity contribution in [2.24, 2.45) is 5.92 Å². The summed E-state index contributed by atoms with van der Waals surface area (Å²) in [5.41, 5.74) is 0.802. The Hall–Kier alpha value is -3.17. The van der Waals surface area contributed by atoms with Crippen molar-refractivity contribution in [2.75, 3.05) is 31.1 Å². The number of thioether (sulfide) groups is 1. The number of carboxylic acids is 1. The molecule has 10 nitrogen and oxygen atoms in total. The molecule has 1 aromatic heterocycles. The lowest BCUT2D eigenvalue weighted by Gasteiger charge is -2.35. The lowest BCUT2D eigenvalue weighted by Crippen LogP contribution is -2.41. The molecule has 12 heteroatoms. The van der Waals surface area contributed by atoms with Gasteiger partial charge in [-0.25, -0.2) is 0 Å². The van der Waals surface area contributed by atoms with Crippen LogP contribution < -0.4 is 10.5 Å². The minimum absolute atomic E-state index is 0.0405. The van der Waals surface area contributed by atoms with Gasteiger partial charge in [0.25, 0.3) is 11.5 Å². The Bertz CT molecular complexity index is 1290. The van der Waals surface area contributed by atoms with Crippen LogP contribution in [0, 0.1) is 24.2 Å². The van der Waals surface area contributed by atoms with Crippen LogP contribution in [0.1, 0.15) is 75.5 Å². The summed E-state index contributed by atoms with van der Waals surface area (Å²) >= 11 is 6.67. The van der Waals surface area contributed by atoms with Gasteiger partial charge >= 0.3 is 11.9 Å². The van der Waals surface area contributed by atoms with Gasteiger partial charge in [-0.2, -0.15) is 5.26 Å². The molecule has 0 bridgehead atoms. The molecule has 3 heterocycles. The second kappa shape index (κ2) is 14.5. The van der Waals surface area contributed by atoms with Gasteiger partial charge in [-0.15, -0.1) is 0 Å². The predicted molar refractivity (Wildman–Crippen MR) is 158 cm³/mol. The highest BCUT2D eigenvalue weighted by atomic mass is 32.2. The highest BCUT2D eigenvalue weighted by molar-refractivity contribution is 8.26. The number of esters is 1. The molecule has 0 spiro atoms. The van der Waals surface area contributed by atoms with Crippen LogP contribution >= 0.6 is 24.0 Å². The van der Waals surface area contributed by atoms with Crippen molar-refractivity contribution >= 4 is 58.0 Å². The molecular weight excluding hydrogens is 552 g/mol. The highest BCUT2D eigenvalue weighted by Gasteiger charge is 2.34. The number of piperidine rings is 1. The van der Waals surface area contributed by atoms with Crippen LogP contribution in [-0.2, 0) is 25.7 Å². The van der Waals surface area contributed by atoms with Gasteiger partial charge in [0.2, 0.25) is 0 Å². The lowest BCUT2D eigenvalue weighted by molar-refractivity contribution is -0.148. The maximum Gasteiger partial charge on any atom is 0.309 e. The Balaban J connectivity index is 1.97. The number of carbonyl (C=O) groups excluding carboxylic acids is 2. The molecule has 0 aromatic carbocycles. The van der Waals surface area contributed by atoms with E-state index < -0.39 is 5.97 Å². The fourth-order valence-electron chi connectivity index (χ4n) is 5.05. The molecular formula is C28H36N4O6S2. The van der Waals surface area contributed by atoms with Gasteiger partial charge in [0.05, 0.1) is 17.4 Å². The number of aliphatic carboxylic acids is 1. The van der Waals surface area contributed by atoms with Crippen LogP contribution in [0.4, 0.5) is 5.82 Å². The van der Waals surface area contributed by atoms with Crippen LogP contribution in [0.3, 0.4) is 0 Å². The summed E-state index contributed by atoms with van der Waals surface area (Å²) in [6, 6.07) is 2.06. The summed E-state index contributed by atoms with van der Waals surface area (Å²) < 4.78 is 7.25. The number of unbranched alkanes of at least 4 members (excludes halogenated alkanes) is 2. The van der Waals surface area contributed by atoms with Gasteiger partial charge in [0, 0.05) is 38.2 Å². The molecule has 216 valence electrons. The number of anilines is 1. The van der Waals surface area contributed by atoms with Crippen LogP contribution in [0.15, 0.2) is 9.70 Å². The quantitative estimate of drug-likeness (QED) is 0.165. The molecule has 0 saturated carbocycles. The maximum absolute atomic E-state index is 13.4. The van der Waals surface area contributed by atoms with Crippen molar-refractivity contribution in [1.29, 1.82) is 5.26 Å². The number of nitriles is 1. The molecule has 1 amide bonds. The third-order valence-electron chi connectivity index (χ3n) is 7.13. The normalized spacial score (nSPS) is 17.0. The fraction of sp³-hybridized carbons (Fsp3) is 0.571. The molecule has 1 aromatic rings. The van der Waals surface area contributed by atoms with Gasteiger partial charge in [0.15, 0.2) is 0 Å². The number of carbonyl (C=O) groups is 3. The van der Waals surface area contributed by atoms with E-state index in [9.17, 15) is 24.4 Å². The summed E-state index contributed by atoms with van der Waals surface area (Å²) in [5, 5.41) is 18.7. The number of amides is 1. The van der Waals surface area contributed by atoms with Crippen LogP contribution in [0.5, 0.6) is 0 Å². The standard InChI is InChI=1S/C28H36N4O6S2/c1-4-12-31-24(30-14-10-19(11-15-30)27(37)38-5-2)20(18(3)21(17-29)25(31)35)16-22-26(36)32(28(39)40-22)13-8-6-7-9-23(33)34/h16,19H,4-15H2,1-3H3,(H,33,34)/b22-16-. The summed E-state index contributed by atoms with van der Waals surface area (Å²) in [6.45, 7) is 7.63. The first-order valence-corrected chi connectivity index (χ1v) is 14.9. The first-order valence-electron chi connectivity index (χ1n) is 13.7. The van der Waals surface area contributed by atoms with E-state index >= 15 is 0 Å². The van der Waals surface area contributed by atoms with E-state index in [4.69, 9.17) is 22.1 Å². The molecule has 2 saturated heterocycles. The zero-order chi connectivity index (χ0) is 29.4. The molecule has 2 aliphatic heterocycles. The third kappa shape index (κ3) is 7.12. The van der Waals surface area contributed by atoms with E-state index in [1.807, 2.05) is 6.92 Å². The SMILES string of the molecule is CCCn1c(N2CCC(C(=O)OCC)CC2)c(/C=C2\SC(=S)N(CCCCCC(=O)O)C2=O)c(C)c(C#N)c1=O. The first kappa shape index (κ1) is 31.4. The van der Waals surface area contributed by atoms with Crippen LogP contribution in [-0.4, -0.2) is 63.0 Å². The second-order valence-corrected chi connectivity index (χ2v) is 11.5. The largest absolute Gasteiger partial charge is 0.481 e. The van der Waals surface area contributed by atoms with Crippen molar-refractivity contribution in [3.05, 3.63) is 31.9 Å². The van der Waals surface area contributed by atoms with Gasteiger partial charge in [-0.3, -0.25) is 28.6 Å². The van der Waals surface area contributed by atoms with E-state index in [0.717, 1.165) is 0 Å². The third-order valence-corrected chi connectivity index (χ3v) is 8.51. The van der Waals surface area contributed by atoms with Crippen molar-refractivity contribution in [3.63, 3.8) is 0 Å². The van der Waals surface area contributed by atoms with E-state index in [-0.39, 0.29) is 35.3 Å². The second-order valence-electron chi connectivity index (χ2n) is 9.86. The number of nitrogens with zero attached hydrogens (tertiary/aromatic N) is 4. The van der Waals surface area contributed by atoms with Gasteiger partial charge in [-0.1, -0.05) is 37.3 Å². The molecule has 0 unspecified atom stereocenters. The van der Waals surface area contributed by atoms with Crippen molar-refractivity contribution < 1.29 is 24.2 Å². The summed E-state index contributed by atoms with van der Waals surface area (Å²) in [6.07, 6.45) is 5.47. The zero-order valence-corrected chi connectivity index (χ0v) is 24.9. The van der Waals surface area contributed by atoms with Crippen molar-refractivity contribution in [2.45, 2.75) is 72.3 Å². The van der Waals surface area contributed by atoms with Gasteiger partial charge < -0.3 is 14.7 Å². The highest BCUT2D eigenvalue weighted by Crippen LogP contribution is 2.37. The number of pyridine rings is 1. The van der Waals surface area contributed by atoms with E-state index in [2.05, 4.69) is 11.0 Å². The van der Waals surface area contributed by atoms with Gasteiger partial charge in [0.1, 0.15) is 21.8 Å². The minimum Gasteiger partial charge on any atom is -0.481 e. The smallest absolute Gasteiger partial charge is 0.309 e. The minimum atomic E-state index is -0.842. The number of thiocarbonyl (C=S) groups is 1. The molecule has 0 atom stereocenters. The molecule has 0 radical (unpaired) electrons. The lowest BCUT2D eigenvalue weighted by atomic mass is 9.95. The number of hydrogen-bond acceptors (Lipinski definition) is 9. The molecule has 0 aliphatic carbocycles. The molecule has 40 heavy (non-hydrogen) atoms. The number of aromatic nitrogens is 1. The number of ether oxygens (including phenoxy) is 1. The predicted octanol–water partition coefficient (Wildman–Crippen LogP) is 4.06. The van der Waals surface area contributed by atoms with Gasteiger partial charge in [-0.05, 0) is 57.6 Å². The van der Waals surface area contributed by atoms with Crippen LogP contribution in [0.2, 0.25) is 0 Å². The maximum atomic E-state index is 13.4. The fourth-order valence-corrected chi connectivity index (χ4v) is 6.34. The molecule has 2 fully saturated rings. The number of carboxylic acid groups (broad SMARTS) is 1. The van der Waals surface area contributed by atoms with Crippen LogP contribution in [0.25, 0.3) is 6.08 Å². The summed E-state index contributed by atoms with van der Waals surface area (Å²) in [5.74, 6) is -0.866.